The minimum atomic E-state index is -1.17. The van der Waals surface area contributed by atoms with E-state index in [4.69, 9.17) is 10.2 Å². The van der Waals surface area contributed by atoms with Crippen LogP contribution in [0.25, 0.3) is 0 Å². The third-order valence-electron chi connectivity index (χ3n) is 1.93. The highest BCUT2D eigenvalue weighted by Gasteiger charge is 2.18. The quantitative estimate of drug-likeness (QED) is 0.564. The Morgan fingerprint density at radius 2 is 2.29 bits per heavy atom. The minimum Gasteiger partial charge on any atom is -0.480 e. The fourth-order valence-corrected chi connectivity index (χ4v) is 1.63. The Kier molecular flexibility index (Phi) is 5.37. The molecular weight excluding hydrogens is 246 g/mol. The van der Waals surface area contributed by atoms with Crippen LogP contribution >= 0.6 is 11.3 Å². The summed E-state index contributed by atoms with van der Waals surface area (Å²) in [7, 11) is 0. The third kappa shape index (κ3) is 4.79. The molecule has 94 valence electrons. The van der Waals surface area contributed by atoms with Gasteiger partial charge in [0.15, 0.2) is 0 Å². The lowest BCUT2D eigenvalue weighted by molar-refractivity contribution is -0.139. The predicted molar refractivity (Wildman–Crippen MR) is 60.6 cm³/mol. The van der Waals surface area contributed by atoms with Gasteiger partial charge in [-0.25, -0.2) is 9.59 Å². The van der Waals surface area contributed by atoms with Crippen LogP contribution in [0.2, 0.25) is 0 Å². The summed E-state index contributed by atoms with van der Waals surface area (Å²) < 4.78 is 0. The number of thiazole rings is 1. The number of aliphatic hydroxyl groups excluding tert-OH is 1. The molecule has 0 saturated carbocycles. The molecule has 1 aromatic heterocycles. The van der Waals surface area contributed by atoms with Crippen molar-refractivity contribution in [3.8, 4) is 0 Å². The van der Waals surface area contributed by atoms with Crippen molar-refractivity contribution < 1.29 is 19.8 Å². The molecule has 2 amide bonds. The molecule has 7 nitrogen and oxygen atoms in total. The number of rotatable bonds is 6. The first-order valence-electron chi connectivity index (χ1n) is 4.89. The molecule has 0 fully saturated rings. The fraction of sp³-hybridized carbons (Fsp3) is 0.444. The van der Waals surface area contributed by atoms with E-state index < -0.39 is 18.0 Å². The molecule has 8 heteroatoms. The van der Waals surface area contributed by atoms with Crippen molar-refractivity contribution in [2.24, 2.45) is 0 Å². The summed E-state index contributed by atoms with van der Waals surface area (Å²) in [6.45, 7) is -0.00590. The van der Waals surface area contributed by atoms with Crippen molar-refractivity contribution in [3.05, 3.63) is 16.6 Å². The van der Waals surface area contributed by atoms with Crippen LogP contribution in [0.1, 0.15) is 11.3 Å². The molecule has 0 unspecified atom stereocenters. The summed E-state index contributed by atoms with van der Waals surface area (Å²) in [5.74, 6) is -1.17. The average molecular weight is 259 g/mol. The summed E-state index contributed by atoms with van der Waals surface area (Å²) in [5, 5.41) is 22.1. The molecule has 1 atom stereocenters. The molecule has 4 N–H and O–H groups in total. The van der Waals surface area contributed by atoms with Crippen molar-refractivity contribution in [2.45, 2.75) is 19.0 Å². The number of aliphatic carboxylic acids is 1. The van der Waals surface area contributed by atoms with Gasteiger partial charge in [-0.15, -0.1) is 11.3 Å². The van der Waals surface area contributed by atoms with Crippen molar-refractivity contribution in [1.29, 1.82) is 0 Å². The van der Waals surface area contributed by atoms with E-state index in [1.807, 2.05) is 0 Å². The number of amides is 2. The maximum atomic E-state index is 11.3. The molecule has 17 heavy (non-hydrogen) atoms. The first-order valence-corrected chi connectivity index (χ1v) is 5.77. The lowest BCUT2D eigenvalue weighted by Gasteiger charge is -2.13. The van der Waals surface area contributed by atoms with E-state index in [0.717, 1.165) is 4.88 Å². The van der Waals surface area contributed by atoms with Crippen LogP contribution in [0, 0.1) is 0 Å². The van der Waals surface area contributed by atoms with Crippen LogP contribution < -0.4 is 10.6 Å². The Morgan fingerprint density at radius 1 is 1.53 bits per heavy atom. The first kappa shape index (κ1) is 13.4. The molecule has 0 aromatic carbocycles. The highest BCUT2D eigenvalue weighted by molar-refractivity contribution is 7.09. The molecule has 1 heterocycles. The van der Waals surface area contributed by atoms with Crippen molar-refractivity contribution in [1.82, 2.24) is 15.6 Å². The number of carboxylic acids is 1. The molecular formula is C9H13N3O4S. The normalized spacial score (nSPS) is 11.8. The van der Waals surface area contributed by atoms with Crippen molar-refractivity contribution in [3.63, 3.8) is 0 Å². The van der Waals surface area contributed by atoms with Gasteiger partial charge < -0.3 is 20.8 Å². The average Bonchev–Trinajstić information content (AvgIpc) is 2.78. The largest absolute Gasteiger partial charge is 0.480 e. The van der Waals surface area contributed by atoms with E-state index in [2.05, 4.69) is 15.6 Å². The summed E-state index contributed by atoms with van der Waals surface area (Å²) in [6.07, 6.45) is 1.59. The molecule has 0 spiro atoms. The van der Waals surface area contributed by atoms with E-state index >= 15 is 0 Å². The Hall–Kier alpha value is -1.67. The maximum absolute atomic E-state index is 11.3. The zero-order valence-corrected chi connectivity index (χ0v) is 9.74. The molecule has 0 aliphatic carbocycles. The number of nitrogens with zero attached hydrogens (tertiary/aromatic N) is 1. The van der Waals surface area contributed by atoms with Crippen LogP contribution in [0.15, 0.2) is 11.7 Å². The second kappa shape index (κ2) is 6.81. The minimum absolute atomic E-state index is 0.0245. The molecule has 0 aliphatic rings. The zero-order chi connectivity index (χ0) is 12.7. The van der Waals surface area contributed by atoms with Crippen LogP contribution in [0.5, 0.6) is 0 Å². The van der Waals surface area contributed by atoms with Crippen molar-refractivity contribution in [2.75, 3.05) is 6.61 Å². The summed E-state index contributed by atoms with van der Waals surface area (Å²) in [4.78, 5) is 26.7. The second-order valence-electron chi connectivity index (χ2n) is 3.20. The molecule has 0 radical (unpaired) electrons. The molecule has 0 saturated heterocycles. The van der Waals surface area contributed by atoms with E-state index in [-0.39, 0.29) is 13.0 Å². The fourth-order valence-electron chi connectivity index (χ4n) is 1.09. The Bertz CT molecular complexity index is 368. The lowest BCUT2D eigenvalue weighted by atomic mass is 10.2. The smallest absolute Gasteiger partial charge is 0.326 e. The van der Waals surface area contributed by atoms with Gasteiger partial charge in [-0.2, -0.15) is 0 Å². The number of urea groups is 1. The van der Waals surface area contributed by atoms with Gasteiger partial charge in [0.2, 0.25) is 0 Å². The van der Waals surface area contributed by atoms with E-state index in [0.29, 0.717) is 6.54 Å². The Labute approximate surface area is 101 Å². The summed E-state index contributed by atoms with van der Waals surface area (Å²) >= 11 is 1.39. The number of carbonyl (C=O) groups is 2. The zero-order valence-electron chi connectivity index (χ0n) is 8.92. The van der Waals surface area contributed by atoms with E-state index in [1.54, 1.807) is 11.7 Å². The highest BCUT2D eigenvalue weighted by atomic mass is 32.1. The van der Waals surface area contributed by atoms with Gasteiger partial charge in [-0.1, -0.05) is 0 Å². The molecule has 0 aliphatic heterocycles. The van der Waals surface area contributed by atoms with Gasteiger partial charge in [0.25, 0.3) is 0 Å². The maximum Gasteiger partial charge on any atom is 0.326 e. The number of aromatic nitrogens is 1. The van der Waals surface area contributed by atoms with Gasteiger partial charge in [0.05, 0.1) is 12.1 Å². The summed E-state index contributed by atoms with van der Waals surface area (Å²) in [5.41, 5.74) is 1.64. The summed E-state index contributed by atoms with van der Waals surface area (Å²) in [6, 6.07) is -1.67. The number of aliphatic hydroxyl groups is 1. The first-order chi connectivity index (χ1) is 8.13. The number of carbonyl (C=O) groups excluding carboxylic acids is 1. The number of hydrogen-bond donors (Lipinski definition) is 4. The number of carboxylic acid groups (broad SMARTS) is 1. The third-order valence-corrected chi connectivity index (χ3v) is 2.71. The van der Waals surface area contributed by atoms with Gasteiger partial charge in [-0.3, -0.25) is 4.98 Å². The Balaban J connectivity index is 2.34. The van der Waals surface area contributed by atoms with Crippen LogP contribution in [0.3, 0.4) is 0 Å². The Morgan fingerprint density at radius 3 is 2.82 bits per heavy atom. The topological polar surface area (TPSA) is 112 Å². The van der Waals surface area contributed by atoms with Gasteiger partial charge in [0.1, 0.15) is 6.04 Å². The number of nitrogens with one attached hydrogen (secondary N) is 2. The molecule has 1 rings (SSSR count). The highest BCUT2D eigenvalue weighted by Crippen LogP contribution is 2.03. The van der Waals surface area contributed by atoms with Crippen LogP contribution in [-0.2, 0) is 11.3 Å². The number of hydrogen-bond acceptors (Lipinski definition) is 5. The monoisotopic (exact) mass is 259 g/mol. The van der Waals surface area contributed by atoms with Crippen LogP contribution in [0.4, 0.5) is 4.79 Å². The SMILES string of the molecule is O=C(NCc1cncs1)N[C@H](CCO)C(=O)O. The predicted octanol–water partition coefficient (Wildman–Crippen LogP) is -0.222. The van der Waals surface area contributed by atoms with E-state index in [9.17, 15) is 9.59 Å². The standard InChI is InChI=1S/C9H13N3O4S/c13-2-1-7(8(14)15)12-9(16)11-4-6-3-10-5-17-6/h3,5,7,13H,1-2,4H2,(H,14,15)(H2,11,12,16)/t7-/m1/s1. The second-order valence-corrected chi connectivity index (χ2v) is 4.17. The molecule has 1 aromatic rings. The molecule has 0 bridgehead atoms. The van der Waals surface area contributed by atoms with E-state index in [1.165, 1.54) is 11.3 Å². The van der Waals surface area contributed by atoms with Gasteiger partial charge in [-0.05, 0) is 0 Å². The van der Waals surface area contributed by atoms with Gasteiger partial charge >= 0.3 is 12.0 Å². The lowest BCUT2D eigenvalue weighted by Crippen LogP contribution is -2.46. The van der Waals surface area contributed by atoms with Gasteiger partial charge in [0, 0.05) is 24.1 Å². The van der Waals surface area contributed by atoms with Crippen LogP contribution in [-0.4, -0.2) is 39.8 Å². The van der Waals surface area contributed by atoms with Crippen molar-refractivity contribution >= 4 is 23.3 Å².